The van der Waals surface area contributed by atoms with Crippen molar-refractivity contribution < 1.29 is 0 Å². The Morgan fingerprint density at radius 3 is 2.76 bits per heavy atom. The molecule has 0 bridgehead atoms. The average molecular weight is 249 g/mol. The third-order valence-corrected chi connectivity index (χ3v) is 3.48. The molecule has 0 saturated heterocycles. The monoisotopic (exact) mass is 248 g/mol. The van der Waals surface area contributed by atoms with E-state index < -0.39 is 0 Å². The maximum absolute atomic E-state index is 5.90. The van der Waals surface area contributed by atoms with Crippen LogP contribution in [-0.2, 0) is 6.54 Å². The van der Waals surface area contributed by atoms with Gasteiger partial charge in [-0.2, -0.15) is 0 Å². The first kappa shape index (κ1) is 12.3. The maximum atomic E-state index is 5.90. The van der Waals surface area contributed by atoms with E-state index >= 15 is 0 Å². The van der Waals surface area contributed by atoms with Gasteiger partial charge in [-0.1, -0.05) is 24.3 Å². The van der Waals surface area contributed by atoms with Crippen LogP contribution in [0.4, 0.5) is 0 Å². The SMILES string of the molecule is CC(C)(CCl)NCc1cccc2cccnc12. The summed E-state index contributed by atoms with van der Waals surface area (Å²) in [6, 6.07) is 10.3. The number of nitrogens with zero attached hydrogens (tertiary/aromatic N) is 1. The fraction of sp³-hybridized carbons (Fsp3) is 0.357. The third-order valence-electron chi connectivity index (χ3n) is 2.81. The van der Waals surface area contributed by atoms with Crippen molar-refractivity contribution in [2.45, 2.75) is 25.9 Å². The lowest BCUT2D eigenvalue weighted by molar-refractivity contribution is 0.430. The van der Waals surface area contributed by atoms with Gasteiger partial charge in [0.25, 0.3) is 0 Å². The second-order valence-electron chi connectivity index (χ2n) is 4.86. The van der Waals surface area contributed by atoms with Crippen molar-refractivity contribution in [2.24, 2.45) is 0 Å². The average Bonchev–Trinajstić information content (AvgIpc) is 2.36. The summed E-state index contributed by atoms with van der Waals surface area (Å²) in [7, 11) is 0. The number of halogens is 1. The standard InChI is InChI=1S/C14H17ClN2/c1-14(2,10-15)17-9-12-6-3-5-11-7-4-8-16-13(11)12/h3-8,17H,9-10H2,1-2H3. The van der Waals surface area contributed by atoms with Gasteiger partial charge in [0.05, 0.1) is 5.52 Å². The molecule has 3 heteroatoms. The molecule has 0 aliphatic carbocycles. The highest BCUT2D eigenvalue weighted by molar-refractivity contribution is 6.18. The number of alkyl halides is 1. The van der Waals surface area contributed by atoms with Crippen LogP contribution in [0.15, 0.2) is 36.5 Å². The van der Waals surface area contributed by atoms with E-state index in [2.05, 4.69) is 48.4 Å². The van der Waals surface area contributed by atoms with Gasteiger partial charge in [0.15, 0.2) is 0 Å². The lowest BCUT2D eigenvalue weighted by Gasteiger charge is -2.23. The van der Waals surface area contributed by atoms with Gasteiger partial charge in [0.1, 0.15) is 0 Å². The van der Waals surface area contributed by atoms with Gasteiger partial charge in [0, 0.05) is 29.5 Å². The van der Waals surface area contributed by atoms with Gasteiger partial charge < -0.3 is 5.32 Å². The van der Waals surface area contributed by atoms with Crippen molar-refractivity contribution in [2.75, 3.05) is 5.88 Å². The molecule has 17 heavy (non-hydrogen) atoms. The number of pyridine rings is 1. The normalized spacial score (nSPS) is 11.9. The van der Waals surface area contributed by atoms with Crippen molar-refractivity contribution in [3.8, 4) is 0 Å². The van der Waals surface area contributed by atoms with Crippen molar-refractivity contribution >= 4 is 22.5 Å². The summed E-state index contributed by atoms with van der Waals surface area (Å²) >= 11 is 5.90. The van der Waals surface area contributed by atoms with Gasteiger partial charge >= 0.3 is 0 Å². The van der Waals surface area contributed by atoms with E-state index in [1.54, 1.807) is 0 Å². The van der Waals surface area contributed by atoms with Crippen molar-refractivity contribution in [3.63, 3.8) is 0 Å². The number of rotatable bonds is 4. The summed E-state index contributed by atoms with van der Waals surface area (Å²) in [5, 5.41) is 4.62. The highest BCUT2D eigenvalue weighted by atomic mass is 35.5. The highest BCUT2D eigenvalue weighted by Crippen LogP contribution is 2.16. The Kier molecular flexibility index (Phi) is 3.65. The van der Waals surface area contributed by atoms with Gasteiger partial charge in [-0.15, -0.1) is 11.6 Å². The maximum Gasteiger partial charge on any atom is 0.0746 e. The molecule has 0 radical (unpaired) electrons. The molecule has 0 aliphatic rings. The Morgan fingerprint density at radius 2 is 2.00 bits per heavy atom. The lowest BCUT2D eigenvalue weighted by atomic mass is 10.1. The quantitative estimate of drug-likeness (QED) is 0.840. The number of aromatic nitrogens is 1. The number of hydrogen-bond donors (Lipinski definition) is 1. The molecule has 0 saturated carbocycles. The summed E-state index contributed by atoms with van der Waals surface area (Å²) in [6.45, 7) is 4.98. The first-order chi connectivity index (χ1) is 8.12. The molecule has 2 rings (SSSR count). The van der Waals surface area contributed by atoms with E-state index in [-0.39, 0.29) is 5.54 Å². The molecule has 1 heterocycles. The minimum absolute atomic E-state index is 0.0570. The topological polar surface area (TPSA) is 24.9 Å². The van der Waals surface area contributed by atoms with Crippen molar-refractivity contribution in [1.82, 2.24) is 10.3 Å². The zero-order chi connectivity index (χ0) is 12.3. The Labute approximate surface area is 107 Å². The summed E-state index contributed by atoms with van der Waals surface area (Å²) in [5.41, 5.74) is 2.22. The molecule has 0 aliphatic heterocycles. The lowest BCUT2D eigenvalue weighted by Crippen LogP contribution is -2.40. The number of benzene rings is 1. The molecule has 1 N–H and O–H groups in total. The third kappa shape index (κ3) is 2.96. The summed E-state index contributed by atoms with van der Waals surface area (Å²) in [5.74, 6) is 0.588. The van der Waals surface area contributed by atoms with Gasteiger partial charge in [-0.05, 0) is 25.5 Å². The summed E-state index contributed by atoms with van der Waals surface area (Å²) < 4.78 is 0. The minimum atomic E-state index is -0.0570. The zero-order valence-electron chi connectivity index (χ0n) is 10.2. The number of hydrogen-bond acceptors (Lipinski definition) is 2. The Bertz CT molecular complexity index is 503. The first-order valence-electron chi connectivity index (χ1n) is 5.76. The second-order valence-corrected chi connectivity index (χ2v) is 5.13. The van der Waals surface area contributed by atoms with Crippen LogP contribution in [0.5, 0.6) is 0 Å². The van der Waals surface area contributed by atoms with Gasteiger partial charge in [-0.3, -0.25) is 4.98 Å². The van der Waals surface area contributed by atoms with Crippen LogP contribution < -0.4 is 5.32 Å². The molecule has 2 nitrogen and oxygen atoms in total. The molecular formula is C14H17ClN2. The molecule has 0 spiro atoms. The van der Waals surface area contributed by atoms with Crippen LogP contribution >= 0.6 is 11.6 Å². The summed E-state index contributed by atoms with van der Waals surface area (Å²) in [4.78, 5) is 4.43. The highest BCUT2D eigenvalue weighted by Gasteiger charge is 2.15. The number of fused-ring (bicyclic) bond motifs is 1. The van der Waals surface area contributed by atoms with E-state index in [0.29, 0.717) is 5.88 Å². The fourth-order valence-electron chi connectivity index (χ4n) is 1.69. The predicted octanol–water partition coefficient (Wildman–Crippen LogP) is 3.34. The van der Waals surface area contributed by atoms with Crippen LogP contribution in [0.25, 0.3) is 10.9 Å². The zero-order valence-corrected chi connectivity index (χ0v) is 11.0. The molecule has 0 atom stereocenters. The molecule has 1 aromatic carbocycles. The van der Waals surface area contributed by atoms with E-state index in [9.17, 15) is 0 Å². The van der Waals surface area contributed by atoms with Crippen LogP contribution in [0, 0.1) is 0 Å². The predicted molar refractivity (Wildman–Crippen MR) is 73.4 cm³/mol. The minimum Gasteiger partial charge on any atom is -0.306 e. The molecule has 0 fully saturated rings. The smallest absolute Gasteiger partial charge is 0.0746 e. The first-order valence-corrected chi connectivity index (χ1v) is 6.29. The fourth-order valence-corrected chi connectivity index (χ4v) is 1.79. The van der Waals surface area contributed by atoms with E-state index in [4.69, 9.17) is 11.6 Å². The number of para-hydroxylation sites is 1. The van der Waals surface area contributed by atoms with E-state index in [1.807, 2.05) is 12.3 Å². The van der Waals surface area contributed by atoms with E-state index in [1.165, 1.54) is 10.9 Å². The summed E-state index contributed by atoms with van der Waals surface area (Å²) in [6.07, 6.45) is 1.83. The molecule has 2 aromatic rings. The Hall–Kier alpha value is -1.12. The molecule has 1 aromatic heterocycles. The molecule has 0 unspecified atom stereocenters. The molecular weight excluding hydrogens is 232 g/mol. The van der Waals surface area contributed by atoms with Crippen molar-refractivity contribution in [1.29, 1.82) is 0 Å². The van der Waals surface area contributed by atoms with Crippen LogP contribution in [0.2, 0.25) is 0 Å². The van der Waals surface area contributed by atoms with Gasteiger partial charge in [0.2, 0.25) is 0 Å². The largest absolute Gasteiger partial charge is 0.306 e. The van der Waals surface area contributed by atoms with E-state index in [0.717, 1.165) is 12.1 Å². The van der Waals surface area contributed by atoms with Gasteiger partial charge in [-0.25, -0.2) is 0 Å². The van der Waals surface area contributed by atoms with Crippen LogP contribution in [-0.4, -0.2) is 16.4 Å². The van der Waals surface area contributed by atoms with Crippen LogP contribution in [0.3, 0.4) is 0 Å². The number of nitrogens with one attached hydrogen (secondary N) is 1. The molecule has 0 amide bonds. The van der Waals surface area contributed by atoms with Crippen molar-refractivity contribution in [3.05, 3.63) is 42.1 Å². The Morgan fingerprint density at radius 1 is 1.24 bits per heavy atom. The molecule has 90 valence electrons. The Balaban J connectivity index is 2.24. The second kappa shape index (κ2) is 5.03. The van der Waals surface area contributed by atoms with Crippen LogP contribution in [0.1, 0.15) is 19.4 Å².